The van der Waals surface area contributed by atoms with Gasteiger partial charge in [0.1, 0.15) is 28.2 Å². The van der Waals surface area contributed by atoms with Crippen LogP contribution in [0.3, 0.4) is 0 Å². The number of carbonyl (C=O) groups excluding carboxylic acids is 3. The van der Waals surface area contributed by atoms with Gasteiger partial charge in [-0.15, -0.1) is 11.3 Å². The zero-order valence-electron chi connectivity index (χ0n) is 14.2. The Morgan fingerprint density at radius 1 is 1.35 bits per heavy atom. The molecule has 0 saturated carbocycles. The molecule has 2 aromatic rings. The van der Waals surface area contributed by atoms with E-state index in [1.807, 2.05) is 0 Å². The number of hydrogen-bond donors (Lipinski definition) is 2. The fourth-order valence-corrected chi connectivity index (χ4v) is 3.22. The fourth-order valence-electron chi connectivity index (χ4n) is 2.18. The van der Waals surface area contributed by atoms with Crippen LogP contribution in [0, 0.1) is 25.2 Å². The molecule has 0 fully saturated rings. The Labute approximate surface area is 152 Å². The predicted molar refractivity (Wildman–Crippen MR) is 94.6 cm³/mol. The highest BCUT2D eigenvalue weighted by molar-refractivity contribution is 7.18. The quantitative estimate of drug-likeness (QED) is 0.469. The van der Waals surface area contributed by atoms with Gasteiger partial charge in [-0.2, -0.15) is 5.26 Å². The molecular formula is C17H15N3O5S. The van der Waals surface area contributed by atoms with Crippen molar-refractivity contribution in [1.82, 2.24) is 0 Å². The van der Waals surface area contributed by atoms with Gasteiger partial charge in [0, 0.05) is 6.08 Å². The molecule has 0 saturated heterocycles. The first-order valence-electron chi connectivity index (χ1n) is 7.29. The third-order valence-corrected chi connectivity index (χ3v) is 4.62. The molecule has 2 amide bonds. The molecule has 26 heavy (non-hydrogen) atoms. The highest BCUT2D eigenvalue weighted by atomic mass is 32.1. The molecule has 0 spiro atoms. The highest BCUT2D eigenvalue weighted by Gasteiger charge is 2.26. The summed E-state index contributed by atoms with van der Waals surface area (Å²) < 4.78 is 10.00. The van der Waals surface area contributed by atoms with Crippen molar-refractivity contribution >= 4 is 40.2 Å². The van der Waals surface area contributed by atoms with Crippen LogP contribution >= 0.6 is 11.3 Å². The number of nitriles is 1. The number of carbonyl (C=O) groups is 3. The van der Waals surface area contributed by atoms with Gasteiger partial charge in [0.05, 0.1) is 17.6 Å². The second-order valence-electron chi connectivity index (χ2n) is 5.19. The van der Waals surface area contributed by atoms with Crippen molar-refractivity contribution in [2.45, 2.75) is 13.8 Å². The summed E-state index contributed by atoms with van der Waals surface area (Å²) in [5.74, 6) is -1.26. The van der Waals surface area contributed by atoms with Crippen molar-refractivity contribution in [3.8, 4) is 6.07 Å². The number of primary amides is 1. The van der Waals surface area contributed by atoms with Crippen molar-refractivity contribution in [3.63, 3.8) is 0 Å². The number of hydrogen-bond acceptors (Lipinski definition) is 7. The number of furan rings is 1. The Bertz CT molecular complexity index is 962. The fraction of sp³-hybridized carbons (Fsp3) is 0.176. The molecule has 3 N–H and O–H groups in total. The van der Waals surface area contributed by atoms with Gasteiger partial charge in [-0.25, -0.2) is 4.79 Å². The molecule has 0 radical (unpaired) electrons. The standard InChI is InChI=1S/C17H15N3O5S/c1-8-4-5-11(25-8)6-10(7-18)15(22)20-16-12(17(23)24-3)9(2)13(26-16)14(19)21/h4-6H,1-3H3,(H2,19,21)(H,20,22)/b10-6+. The van der Waals surface area contributed by atoms with Crippen molar-refractivity contribution in [3.05, 3.63) is 45.2 Å². The van der Waals surface area contributed by atoms with E-state index in [0.717, 1.165) is 11.3 Å². The van der Waals surface area contributed by atoms with Crippen molar-refractivity contribution in [1.29, 1.82) is 5.26 Å². The van der Waals surface area contributed by atoms with Crippen LogP contribution in [-0.2, 0) is 9.53 Å². The van der Waals surface area contributed by atoms with Gasteiger partial charge >= 0.3 is 5.97 Å². The number of esters is 1. The Balaban J connectivity index is 2.40. The van der Waals surface area contributed by atoms with E-state index in [4.69, 9.17) is 10.2 Å². The Morgan fingerprint density at radius 2 is 2.04 bits per heavy atom. The van der Waals surface area contributed by atoms with E-state index >= 15 is 0 Å². The molecule has 0 bridgehead atoms. The number of amides is 2. The minimum Gasteiger partial charge on any atom is -0.465 e. The third-order valence-electron chi connectivity index (χ3n) is 3.40. The topological polar surface area (TPSA) is 135 Å². The number of nitrogens with zero attached hydrogens (tertiary/aromatic N) is 1. The number of rotatable bonds is 5. The molecule has 0 aromatic carbocycles. The van der Waals surface area contributed by atoms with E-state index < -0.39 is 17.8 Å². The molecule has 0 unspecified atom stereocenters. The second-order valence-corrected chi connectivity index (χ2v) is 6.21. The average Bonchev–Trinajstić information content (AvgIpc) is 3.15. The predicted octanol–water partition coefficient (Wildman–Crippen LogP) is 2.39. The molecule has 9 heteroatoms. The van der Waals surface area contributed by atoms with E-state index in [1.54, 1.807) is 25.1 Å². The number of nitrogens with two attached hydrogens (primary N) is 1. The Hall–Kier alpha value is -3.38. The molecule has 2 heterocycles. The van der Waals surface area contributed by atoms with Gasteiger partial charge in [-0.3, -0.25) is 9.59 Å². The van der Waals surface area contributed by atoms with Crippen LogP contribution in [0.2, 0.25) is 0 Å². The molecule has 2 aromatic heterocycles. The first kappa shape index (κ1) is 19.0. The van der Waals surface area contributed by atoms with E-state index in [-0.39, 0.29) is 21.0 Å². The van der Waals surface area contributed by atoms with Crippen molar-refractivity contribution in [2.75, 3.05) is 12.4 Å². The van der Waals surface area contributed by atoms with Crippen LogP contribution in [-0.4, -0.2) is 24.9 Å². The summed E-state index contributed by atoms with van der Waals surface area (Å²) in [6.45, 7) is 3.25. The lowest BCUT2D eigenvalue weighted by Gasteiger charge is -2.05. The summed E-state index contributed by atoms with van der Waals surface area (Å²) in [5.41, 5.74) is 5.37. The van der Waals surface area contributed by atoms with Gasteiger partial charge < -0.3 is 20.2 Å². The molecule has 0 atom stereocenters. The lowest BCUT2D eigenvalue weighted by Crippen LogP contribution is -2.15. The average molecular weight is 373 g/mol. The van der Waals surface area contributed by atoms with Crippen molar-refractivity contribution < 1.29 is 23.5 Å². The second kappa shape index (κ2) is 7.67. The van der Waals surface area contributed by atoms with Gasteiger partial charge in [0.15, 0.2) is 0 Å². The highest BCUT2D eigenvalue weighted by Crippen LogP contribution is 2.33. The van der Waals surface area contributed by atoms with E-state index in [1.165, 1.54) is 20.1 Å². The van der Waals surface area contributed by atoms with Crippen LogP contribution < -0.4 is 11.1 Å². The van der Waals surface area contributed by atoms with Crippen LogP contribution in [0.15, 0.2) is 22.1 Å². The minimum absolute atomic E-state index is 0.0192. The number of nitrogens with one attached hydrogen (secondary N) is 1. The molecule has 134 valence electrons. The number of anilines is 1. The number of ether oxygens (including phenoxy) is 1. The maximum Gasteiger partial charge on any atom is 0.341 e. The summed E-state index contributed by atoms with van der Waals surface area (Å²) in [6, 6.07) is 5.07. The number of aryl methyl sites for hydroxylation is 1. The maximum absolute atomic E-state index is 12.4. The SMILES string of the molecule is COC(=O)c1c(NC(=O)/C(C#N)=C/c2ccc(C)o2)sc(C(N)=O)c1C. The largest absolute Gasteiger partial charge is 0.465 e. The third kappa shape index (κ3) is 3.81. The smallest absolute Gasteiger partial charge is 0.341 e. The molecule has 0 aliphatic rings. The monoisotopic (exact) mass is 373 g/mol. The van der Waals surface area contributed by atoms with E-state index in [0.29, 0.717) is 17.1 Å². The van der Waals surface area contributed by atoms with Gasteiger partial charge in [-0.1, -0.05) is 0 Å². The van der Waals surface area contributed by atoms with E-state index in [2.05, 4.69) is 10.1 Å². The van der Waals surface area contributed by atoms with Gasteiger partial charge in [0.2, 0.25) is 0 Å². The molecular weight excluding hydrogens is 358 g/mol. The number of methoxy groups -OCH3 is 1. The normalized spacial score (nSPS) is 10.9. The van der Waals surface area contributed by atoms with Crippen LogP contribution in [0.4, 0.5) is 5.00 Å². The Morgan fingerprint density at radius 3 is 2.54 bits per heavy atom. The Kier molecular flexibility index (Phi) is 5.59. The summed E-state index contributed by atoms with van der Waals surface area (Å²) >= 11 is 0.837. The van der Waals surface area contributed by atoms with Crippen molar-refractivity contribution in [2.24, 2.45) is 5.73 Å². The zero-order valence-corrected chi connectivity index (χ0v) is 15.0. The first-order valence-corrected chi connectivity index (χ1v) is 8.11. The molecule has 0 aliphatic carbocycles. The van der Waals surface area contributed by atoms with Crippen LogP contribution in [0.25, 0.3) is 6.08 Å². The number of thiophene rings is 1. The molecule has 2 rings (SSSR count). The lowest BCUT2D eigenvalue weighted by molar-refractivity contribution is -0.112. The lowest BCUT2D eigenvalue weighted by atomic mass is 10.1. The van der Waals surface area contributed by atoms with Gasteiger partial charge in [-0.05, 0) is 31.5 Å². The summed E-state index contributed by atoms with van der Waals surface area (Å²) in [5, 5.41) is 11.8. The van der Waals surface area contributed by atoms with Crippen LogP contribution in [0.1, 0.15) is 37.1 Å². The maximum atomic E-state index is 12.4. The zero-order chi connectivity index (χ0) is 19.4. The van der Waals surface area contributed by atoms with E-state index in [9.17, 15) is 19.6 Å². The first-order chi connectivity index (χ1) is 12.3. The molecule has 8 nitrogen and oxygen atoms in total. The summed E-state index contributed by atoms with van der Waals surface area (Å²) in [4.78, 5) is 36.0. The van der Waals surface area contributed by atoms with Gasteiger partial charge in [0.25, 0.3) is 11.8 Å². The summed E-state index contributed by atoms with van der Waals surface area (Å²) in [7, 11) is 1.18. The molecule has 0 aliphatic heterocycles. The minimum atomic E-state index is -0.760. The summed E-state index contributed by atoms with van der Waals surface area (Å²) in [6.07, 6.45) is 1.27. The van der Waals surface area contributed by atoms with Crippen LogP contribution in [0.5, 0.6) is 0 Å².